The average molecular weight is 455 g/mol. The molecule has 1 aliphatic rings. The highest BCUT2D eigenvalue weighted by Crippen LogP contribution is 2.29. The highest BCUT2D eigenvalue weighted by molar-refractivity contribution is 5.93. The zero-order valence-electron chi connectivity index (χ0n) is 20.2. The Morgan fingerprint density at radius 1 is 1.03 bits per heavy atom. The van der Waals surface area contributed by atoms with E-state index >= 15 is 0 Å². The second-order valence-electron chi connectivity index (χ2n) is 10.0. The number of hydrogen-bond acceptors (Lipinski definition) is 3. The van der Waals surface area contributed by atoms with Gasteiger partial charge in [0.05, 0.1) is 0 Å². The number of carbonyl (C=O) groups excluding carboxylic acids is 2. The van der Waals surface area contributed by atoms with Crippen LogP contribution in [0, 0.1) is 11.7 Å². The van der Waals surface area contributed by atoms with Gasteiger partial charge < -0.3 is 20.4 Å². The fraction of sp³-hybridized carbons (Fsp3) is 0.462. The molecule has 0 spiro atoms. The highest BCUT2D eigenvalue weighted by Gasteiger charge is 2.26. The van der Waals surface area contributed by atoms with Crippen LogP contribution in [0.2, 0.25) is 0 Å². The topological polar surface area (TPSA) is 64.7 Å². The Bertz CT molecular complexity index is 979. The lowest BCUT2D eigenvalue weighted by molar-refractivity contribution is -0.122. The molecule has 3 rings (SSSR count). The van der Waals surface area contributed by atoms with Crippen LogP contribution >= 0.6 is 0 Å². The molecule has 0 atom stereocenters. The van der Waals surface area contributed by atoms with Crippen LogP contribution in [0.1, 0.15) is 51.2 Å². The molecule has 0 heterocycles. The summed E-state index contributed by atoms with van der Waals surface area (Å²) < 4.78 is 13.4. The number of amides is 3. The normalized spacial score (nSPS) is 13.8. The lowest BCUT2D eigenvalue weighted by atomic mass is 9.85. The number of nitrogens with zero attached hydrogens (tertiary/aromatic N) is 2. The minimum Gasteiger partial charge on any atom is -0.377 e. The van der Waals surface area contributed by atoms with Gasteiger partial charge in [0, 0.05) is 50.0 Å². The van der Waals surface area contributed by atoms with Crippen LogP contribution in [-0.2, 0) is 17.9 Å². The maximum atomic E-state index is 13.4. The zero-order chi connectivity index (χ0) is 24.2. The molecule has 0 radical (unpaired) electrons. The molecular weight excluding hydrogens is 419 g/mol. The summed E-state index contributed by atoms with van der Waals surface area (Å²) in [5, 5.41) is 6.06. The Morgan fingerprint density at radius 2 is 1.70 bits per heavy atom. The predicted octanol–water partition coefficient (Wildman–Crippen LogP) is 5.14. The van der Waals surface area contributed by atoms with Gasteiger partial charge in [-0.15, -0.1) is 0 Å². The van der Waals surface area contributed by atoms with Crippen molar-refractivity contribution in [2.24, 2.45) is 5.92 Å². The molecule has 0 bridgehead atoms. The minimum absolute atomic E-state index is 0.0541. The molecule has 1 fully saturated rings. The van der Waals surface area contributed by atoms with Gasteiger partial charge in [-0.2, -0.15) is 0 Å². The minimum atomic E-state index is -0.402. The van der Waals surface area contributed by atoms with E-state index in [0.29, 0.717) is 13.1 Å². The molecule has 7 heteroatoms. The van der Waals surface area contributed by atoms with E-state index in [2.05, 4.69) is 10.6 Å². The summed E-state index contributed by atoms with van der Waals surface area (Å²) in [7, 11) is 3.90. The molecule has 0 aromatic heterocycles. The summed E-state index contributed by atoms with van der Waals surface area (Å²) >= 11 is 0. The molecule has 178 valence electrons. The standard InChI is InChI=1S/C26H35FN4O2/c1-26(2,3)29-25(33)31(16-18-9-11-21(27)12-10-18)17-20-15-22(13-14-23(20)30(4)5)28-24(32)19-7-6-8-19/h9-15,19H,6-8,16-17H2,1-5H3,(H,28,32)(H,29,33). The van der Waals surface area contributed by atoms with Gasteiger partial charge in [-0.05, 0) is 75.1 Å². The number of benzene rings is 2. The van der Waals surface area contributed by atoms with Gasteiger partial charge in [-0.3, -0.25) is 4.79 Å². The summed E-state index contributed by atoms with van der Waals surface area (Å²) in [6, 6.07) is 11.8. The average Bonchev–Trinajstić information content (AvgIpc) is 2.66. The zero-order valence-corrected chi connectivity index (χ0v) is 20.2. The van der Waals surface area contributed by atoms with Crippen LogP contribution in [0.25, 0.3) is 0 Å². The fourth-order valence-corrected chi connectivity index (χ4v) is 3.76. The van der Waals surface area contributed by atoms with E-state index in [0.717, 1.165) is 41.8 Å². The molecule has 6 nitrogen and oxygen atoms in total. The third-order valence-corrected chi connectivity index (χ3v) is 5.72. The van der Waals surface area contributed by atoms with Crippen molar-refractivity contribution in [1.82, 2.24) is 10.2 Å². The third kappa shape index (κ3) is 6.94. The maximum absolute atomic E-state index is 13.4. The quantitative estimate of drug-likeness (QED) is 0.609. The van der Waals surface area contributed by atoms with Gasteiger partial charge >= 0.3 is 6.03 Å². The van der Waals surface area contributed by atoms with Gasteiger partial charge in [0.15, 0.2) is 0 Å². The van der Waals surface area contributed by atoms with Crippen molar-refractivity contribution in [3.8, 4) is 0 Å². The molecule has 2 aromatic carbocycles. The lowest BCUT2D eigenvalue weighted by Crippen LogP contribution is -2.48. The largest absolute Gasteiger partial charge is 0.377 e. The van der Waals surface area contributed by atoms with Crippen molar-refractivity contribution in [2.75, 3.05) is 24.3 Å². The number of nitrogens with one attached hydrogen (secondary N) is 2. The molecule has 33 heavy (non-hydrogen) atoms. The third-order valence-electron chi connectivity index (χ3n) is 5.72. The second-order valence-corrected chi connectivity index (χ2v) is 10.0. The molecule has 1 saturated carbocycles. The Morgan fingerprint density at radius 3 is 2.24 bits per heavy atom. The molecular formula is C26H35FN4O2. The summed E-state index contributed by atoms with van der Waals surface area (Å²) in [5.41, 5.74) is 3.04. The number of halogens is 1. The van der Waals surface area contributed by atoms with Crippen LogP contribution in [0.15, 0.2) is 42.5 Å². The van der Waals surface area contributed by atoms with Crippen LogP contribution in [-0.4, -0.2) is 36.5 Å². The van der Waals surface area contributed by atoms with Crippen LogP contribution in [0.3, 0.4) is 0 Å². The summed E-state index contributed by atoms with van der Waals surface area (Å²) in [6.07, 6.45) is 2.98. The van der Waals surface area contributed by atoms with Crippen molar-refractivity contribution in [3.63, 3.8) is 0 Å². The Hall–Kier alpha value is -3.09. The molecule has 2 N–H and O–H groups in total. The molecule has 3 amide bonds. The van der Waals surface area contributed by atoms with Gasteiger partial charge in [0.25, 0.3) is 0 Å². The van der Waals surface area contributed by atoms with E-state index < -0.39 is 5.54 Å². The summed E-state index contributed by atoms with van der Waals surface area (Å²) in [6.45, 7) is 6.46. The van der Waals surface area contributed by atoms with Crippen molar-refractivity contribution in [3.05, 3.63) is 59.4 Å². The van der Waals surface area contributed by atoms with E-state index in [1.165, 1.54) is 12.1 Å². The first-order valence-corrected chi connectivity index (χ1v) is 11.4. The monoisotopic (exact) mass is 454 g/mol. The van der Waals surface area contributed by atoms with Crippen LogP contribution in [0.4, 0.5) is 20.6 Å². The summed E-state index contributed by atoms with van der Waals surface area (Å²) in [5.74, 6) is -0.165. The van der Waals surface area contributed by atoms with Crippen molar-refractivity contribution in [1.29, 1.82) is 0 Å². The van der Waals surface area contributed by atoms with E-state index in [4.69, 9.17) is 0 Å². The van der Waals surface area contributed by atoms with Crippen molar-refractivity contribution in [2.45, 2.75) is 58.7 Å². The Balaban J connectivity index is 1.87. The van der Waals surface area contributed by atoms with E-state index in [9.17, 15) is 14.0 Å². The van der Waals surface area contributed by atoms with Gasteiger partial charge in [0.2, 0.25) is 5.91 Å². The SMILES string of the molecule is CN(C)c1ccc(NC(=O)C2CCC2)cc1CN(Cc1ccc(F)cc1)C(=O)NC(C)(C)C. The lowest BCUT2D eigenvalue weighted by Gasteiger charge is -2.30. The molecule has 1 aliphatic carbocycles. The Kier molecular flexibility index (Phi) is 7.61. The smallest absolute Gasteiger partial charge is 0.318 e. The first-order chi connectivity index (χ1) is 15.5. The molecule has 0 saturated heterocycles. The van der Waals surface area contributed by atoms with Gasteiger partial charge in [0.1, 0.15) is 5.82 Å². The predicted molar refractivity (Wildman–Crippen MR) is 131 cm³/mol. The maximum Gasteiger partial charge on any atom is 0.318 e. The van der Waals surface area contributed by atoms with Gasteiger partial charge in [-0.25, -0.2) is 9.18 Å². The number of anilines is 2. The van der Waals surface area contributed by atoms with Crippen LogP contribution in [0.5, 0.6) is 0 Å². The molecule has 2 aromatic rings. The molecule has 0 aliphatic heterocycles. The number of hydrogen-bond donors (Lipinski definition) is 2. The first-order valence-electron chi connectivity index (χ1n) is 11.4. The van der Waals surface area contributed by atoms with Crippen LogP contribution < -0.4 is 15.5 Å². The second kappa shape index (κ2) is 10.2. The van der Waals surface area contributed by atoms with E-state index in [-0.39, 0.29) is 23.7 Å². The highest BCUT2D eigenvalue weighted by atomic mass is 19.1. The number of carbonyl (C=O) groups is 2. The van der Waals surface area contributed by atoms with Gasteiger partial charge in [-0.1, -0.05) is 18.6 Å². The van der Waals surface area contributed by atoms with Crippen molar-refractivity contribution < 1.29 is 14.0 Å². The molecule has 0 unspecified atom stereocenters. The number of urea groups is 1. The summed E-state index contributed by atoms with van der Waals surface area (Å²) in [4.78, 5) is 29.3. The van der Waals surface area contributed by atoms with E-state index in [1.807, 2.05) is 58.0 Å². The Labute approximate surface area is 196 Å². The number of rotatable bonds is 7. The fourth-order valence-electron chi connectivity index (χ4n) is 3.76. The van der Waals surface area contributed by atoms with Crippen molar-refractivity contribution >= 4 is 23.3 Å². The van der Waals surface area contributed by atoms with E-state index in [1.54, 1.807) is 17.0 Å². The first kappa shape index (κ1) is 24.6.